The highest BCUT2D eigenvalue weighted by Crippen LogP contribution is 2.33. The average molecular weight is 448 g/mol. The van der Waals surface area contributed by atoms with Crippen molar-refractivity contribution < 1.29 is 4.74 Å². The lowest BCUT2D eigenvalue weighted by atomic mass is 10.1. The van der Waals surface area contributed by atoms with Gasteiger partial charge in [-0.15, -0.1) is 5.10 Å². The summed E-state index contributed by atoms with van der Waals surface area (Å²) in [6.07, 6.45) is 1.98. The number of methoxy groups -OCH3 is 1. The number of H-pyrrole nitrogens is 1. The normalized spacial score (nSPS) is 11.2. The first-order chi connectivity index (χ1) is 16.7. The van der Waals surface area contributed by atoms with Crippen LogP contribution in [0.1, 0.15) is 5.69 Å². The van der Waals surface area contributed by atoms with Gasteiger partial charge in [0.15, 0.2) is 0 Å². The lowest BCUT2D eigenvalue weighted by Crippen LogP contribution is -1.99. The number of aromatic amines is 1. The number of nitrogens with one attached hydrogen (secondary N) is 1. The van der Waals surface area contributed by atoms with Crippen LogP contribution in [0.25, 0.3) is 45.2 Å². The van der Waals surface area contributed by atoms with Gasteiger partial charge in [-0.1, -0.05) is 35.5 Å². The van der Waals surface area contributed by atoms with E-state index in [1.165, 1.54) is 0 Å². The Bertz CT molecular complexity index is 1560. The van der Waals surface area contributed by atoms with Crippen LogP contribution in [0.15, 0.2) is 85.1 Å². The van der Waals surface area contributed by atoms with Crippen molar-refractivity contribution >= 4 is 11.0 Å². The number of ether oxygens (including phenoxy) is 1. The van der Waals surface area contributed by atoms with Crippen molar-refractivity contribution in [2.24, 2.45) is 0 Å². The standard InChI is InChI=1S/C26H21N7O/c1-17-24(29-31-33(17)19-12-14-20(34-2)15-13-19)25-21(16-32(30-25)18-8-4-3-5-9-18)26-27-22-10-6-7-11-23(22)28-26/h3-16H,1-2H3,(H,27,28). The van der Waals surface area contributed by atoms with Crippen molar-refractivity contribution in [2.45, 2.75) is 6.92 Å². The maximum atomic E-state index is 5.28. The molecule has 3 aromatic heterocycles. The van der Waals surface area contributed by atoms with E-state index in [0.29, 0.717) is 11.4 Å². The predicted octanol–water partition coefficient (Wildman–Crippen LogP) is 4.98. The topological polar surface area (TPSA) is 86.4 Å². The second-order valence-corrected chi connectivity index (χ2v) is 7.91. The summed E-state index contributed by atoms with van der Waals surface area (Å²) in [6, 6.07) is 25.7. The predicted molar refractivity (Wildman–Crippen MR) is 130 cm³/mol. The molecule has 0 aliphatic heterocycles. The van der Waals surface area contributed by atoms with Crippen LogP contribution in [0, 0.1) is 6.92 Å². The van der Waals surface area contributed by atoms with Gasteiger partial charge in [0.1, 0.15) is 23.0 Å². The summed E-state index contributed by atoms with van der Waals surface area (Å²) < 4.78 is 8.93. The maximum Gasteiger partial charge on any atom is 0.142 e. The van der Waals surface area contributed by atoms with Gasteiger partial charge in [-0.05, 0) is 55.5 Å². The smallest absolute Gasteiger partial charge is 0.142 e. The largest absolute Gasteiger partial charge is 0.497 e. The maximum absolute atomic E-state index is 5.28. The summed E-state index contributed by atoms with van der Waals surface area (Å²) in [5.41, 5.74) is 6.84. The molecule has 0 saturated carbocycles. The van der Waals surface area contributed by atoms with Gasteiger partial charge in [0, 0.05) is 6.20 Å². The fraction of sp³-hybridized carbons (Fsp3) is 0.0769. The molecule has 0 saturated heterocycles. The van der Waals surface area contributed by atoms with E-state index in [-0.39, 0.29) is 0 Å². The SMILES string of the molecule is COc1ccc(-n2nnc(-c3nn(-c4ccccc4)cc3-c3nc4ccccc4[nH]3)c2C)cc1. The van der Waals surface area contributed by atoms with Gasteiger partial charge in [0.25, 0.3) is 0 Å². The first kappa shape index (κ1) is 19.9. The lowest BCUT2D eigenvalue weighted by Gasteiger charge is -2.05. The Morgan fingerprint density at radius 2 is 1.59 bits per heavy atom. The van der Waals surface area contributed by atoms with Crippen LogP contribution in [-0.2, 0) is 0 Å². The second kappa shape index (κ2) is 8.00. The highest BCUT2D eigenvalue weighted by molar-refractivity contribution is 5.83. The molecule has 6 rings (SSSR count). The summed E-state index contributed by atoms with van der Waals surface area (Å²) in [7, 11) is 1.65. The Hall–Kier alpha value is -4.72. The zero-order valence-electron chi connectivity index (χ0n) is 18.7. The number of hydrogen-bond donors (Lipinski definition) is 1. The Balaban J connectivity index is 1.51. The van der Waals surface area contributed by atoms with Crippen LogP contribution >= 0.6 is 0 Å². The highest BCUT2D eigenvalue weighted by atomic mass is 16.5. The molecule has 3 aromatic carbocycles. The zero-order chi connectivity index (χ0) is 23.1. The fourth-order valence-electron chi connectivity index (χ4n) is 4.03. The number of nitrogens with zero attached hydrogens (tertiary/aromatic N) is 6. The van der Waals surface area contributed by atoms with E-state index in [1.54, 1.807) is 11.8 Å². The van der Waals surface area contributed by atoms with Gasteiger partial charge in [0.05, 0.1) is 40.8 Å². The van der Waals surface area contributed by atoms with E-state index in [1.807, 2.05) is 96.7 Å². The van der Waals surface area contributed by atoms with E-state index >= 15 is 0 Å². The molecular weight excluding hydrogens is 426 g/mol. The van der Waals surface area contributed by atoms with Crippen LogP contribution in [-0.4, -0.2) is 41.9 Å². The molecule has 1 N–H and O–H groups in total. The fourth-order valence-corrected chi connectivity index (χ4v) is 4.03. The monoisotopic (exact) mass is 447 g/mol. The molecule has 8 heteroatoms. The van der Waals surface area contributed by atoms with Crippen molar-refractivity contribution in [3.05, 3.63) is 90.8 Å². The Labute approximate surface area is 195 Å². The Morgan fingerprint density at radius 3 is 2.35 bits per heavy atom. The van der Waals surface area contributed by atoms with Crippen molar-refractivity contribution in [1.82, 2.24) is 34.7 Å². The van der Waals surface area contributed by atoms with E-state index in [4.69, 9.17) is 14.8 Å². The number of imidazole rings is 1. The molecule has 0 fully saturated rings. The van der Waals surface area contributed by atoms with Gasteiger partial charge in [-0.25, -0.2) is 14.3 Å². The molecule has 8 nitrogen and oxygen atoms in total. The minimum Gasteiger partial charge on any atom is -0.497 e. The summed E-state index contributed by atoms with van der Waals surface area (Å²) in [4.78, 5) is 8.24. The summed E-state index contributed by atoms with van der Waals surface area (Å²) in [5.74, 6) is 1.52. The van der Waals surface area contributed by atoms with Gasteiger partial charge < -0.3 is 9.72 Å². The molecule has 0 radical (unpaired) electrons. The molecule has 166 valence electrons. The first-order valence-electron chi connectivity index (χ1n) is 10.9. The average Bonchev–Trinajstić information content (AvgIpc) is 3.60. The van der Waals surface area contributed by atoms with Crippen LogP contribution in [0.2, 0.25) is 0 Å². The van der Waals surface area contributed by atoms with Crippen LogP contribution in [0.4, 0.5) is 0 Å². The van der Waals surface area contributed by atoms with Gasteiger partial charge >= 0.3 is 0 Å². The molecule has 6 aromatic rings. The molecule has 0 aliphatic rings. The third kappa shape index (κ3) is 3.32. The molecule has 3 heterocycles. The van der Waals surface area contributed by atoms with Crippen molar-refractivity contribution in [3.63, 3.8) is 0 Å². The van der Waals surface area contributed by atoms with E-state index in [9.17, 15) is 0 Å². The number of benzene rings is 3. The molecule has 0 atom stereocenters. The minimum atomic E-state index is 0.695. The van der Waals surface area contributed by atoms with E-state index in [0.717, 1.165) is 45.2 Å². The zero-order valence-corrected chi connectivity index (χ0v) is 18.7. The molecule has 0 amide bonds. The number of hydrogen-bond acceptors (Lipinski definition) is 5. The van der Waals surface area contributed by atoms with Crippen molar-refractivity contribution in [1.29, 1.82) is 0 Å². The summed E-state index contributed by atoms with van der Waals surface area (Å²) in [6.45, 7) is 1.99. The van der Waals surface area contributed by atoms with Crippen LogP contribution in [0.3, 0.4) is 0 Å². The van der Waals surface area contributed by atoms with Crippen molar-refractivity contribution in [2.75, 3.05) is 7.11 Å². The van der Waals surface area contributed by atoms with Gasteiger partial charge in [-0.3, -0.25) is 0 Å². The van der Waals surface area contributed by atoms with E-state index in [2.05, 4.69) is 15.3 Å². The number of aromatic nitrogens is 7. The molecule has 0 aliphatic carbocycles. The highest BCUT2D eigenvalue weighted by Gasteiger charge is 2.22. The molecule has 0 spiro atoms. The lowest BCUT2D eigenvalue weighted by molar-refractivity contribution is 0.414. The number of fused-ring (bicyclic) bond motifs is 1. The Morgan fingerprint density at radius 1 is 0.824 bits per heavy atom. The molecule has 0 bridgehead atoms. The third-order valence-electron chi connectivity index (χ3n) is 5.82. The molecule has 0 unspecified atom stereocenters. The molecular formula is C26H21N7O. The van der Waals surface area contributed by atoms with Gasteiger partial charge in [0.2, 0.25) is 0 Å². The Kier molecular flexibility index (Phi) is 4.69. The van der Waals surface area contributed by atoms with Crippen molar-refractivity contribution in [3.8, 4) is 39.9 Å². The number of rotatable bonds is 5. The summed E-state index contributed by atoms with van der Waals surface area (Å²) in [5, 5.41) is 13.9. The second-order valence-electron chi connectivity index (χ2n) is 7.91. The third-order valence-corrected chi connectivity index (χ3v) is 5.82. The van der Waals surface area contributed by atoms with Gasteiger partial charge in [-0.2, -0.15) is 5.10 Å². The first-order valence-corrected chi connectivity index (χ1v) is 10.9. The van der Waals surface area contributed by atoms with Crippen LogP contribution in [0.5, 0.6) is 5.75 Å². The summed E-state index contributed by atoms with van der Waals surface area (Å²) >= 11 is 0. The quantitative estimate of drug-likeness (QED) is 0.403. The number of para-hydroxylation sites is 3. The minimum absolute atomic E-state index is 0.695. The molecule has 34 heavy (non-hydrogen) atoms. The van der Waals surface area contributed by atoms with Crippen LogP contribution < -0.4 is 4.74 Å². The van der Waals surface area contributed by atoms with E-state index < -0.39 is 0 Å².